The van der Waals surface area contributed by atoms with Gasteiger partial charge in [0.15, 0.2) is 0 Å². The molecule has 0 spiro atoms. The van der Waals surface area contributed by atoms with Gasteiger partial charge in [-0.1, -0.05) is 19.4 Å². The molecule has 0 amide bonds. The summed E-state index contributed by atoms with van der Waals surface area (Å²) in [7, 11) is 0.196. The molecule has 0 saturated heterocycles. The molecule has 0 aliphatic carbocycles. The summed E-state index contributed by atoms with van der Waals surface area (Å²) >= 11 is 0. The van der Waals surface area contributed by atoms with Gasteiger partial charge in [-0.25, -0.2) is 17.9 Å². The molecule has 0 bridgehead atoms. The van der Waals surface area contributed by atoms with Crippen LogP contribution in [0.2, 0.25) is 0 Å². The molecule has 0 saturated carbocycles. The minimum atomic E-state index is -3.23. The van der Waals surface area contributed by atoms with E-state index in [0.717, 1.165) is 23.0 Å². The number of rotatable bonds is 6. The van der Waals surface area contributed by atoms with E-state index in [1.165, 1.54) is 0 Å². The third-order valence-electron chi connectivity index (χ3n) is 3.60. The third kappa shape index (κ3) is 3.36. The van der Waals surface area contributed by atoms with Crippen molar-refractivity contribution in [2.75, 3.05) is 5.75 Å². The quantitative estimate of drug-likeness (QED) is 0.868. The van der Waals surface area contributed by atoms with Crippen molar-refractivity contribution in [3.63, 3.8) is 0 Å². The number of aromatic nitrogens is 2. The summed E-state index contributed by atoms with van der Waals surface area (Å²) in [4.78, 5) is 11.8. The van der Waals surface area contributed by atoms with Gasteiger partial charge in [0, 0.05) is 20.6 Å². The fourth-order valence-electron chi connectivity index (χ4n) is 2.26. The summed E-state index contributed by atoms with van der Waals surface area (Å²) in [6.45, 7) is 2.20. The molecule has 21 heavy (non-hydrogen) atoms. The van der Waals surface area contributed by atoms with Crippen LogP contribution in [0, 0.1) is 0 Å². The number of unbranched alkanes of at least 4 members (excludes halogenated alkanes) is 1. The lowest BCUT2D eigenvalue weighted by Crippen LogP contribution is -2.25. The Morgan fingerprint density at radius 3 is 2.48 bits per heavy atom. The van der Waals surface area contributed by atoms with E-state index in [-0.39, 0.29) is 18.0 Å². The van der Waals surface area contributed by atoms with Crippen molar-refractivity contribution in [2.24, 2.45) is 14.1 Å². The van der Waals surface area contributed by atoms with Crippen LogP contribution in [-0.2, 0) is 30.7 Å². The molecular weight excluding hydrogens is 290 g/mol. The Hall–Kier alpha value is -1.60. The second-order valence-electron chi connectivity index (χ2n) is 5.22. The van der Waals surface area contributed by atoms with Crippen molar-refractivity contribution in [1.82, 2.24) is 13.9 Å². The lowest BCUT2D eigenvalue weighted by molar-refractivity contribution is 0.578. The summed E-state index contributed by atoms with van der Waals surface area (Å²) in [5.74, 6) is 0.148. The van der Waals surface area contributed by atoms with Crippen LogP contribution in [0.1, 0.15) is 25.3 Å². The van der Waals surface area contributed by atoms with Gasteiger partial charge in [-0.05, 0) is 24.1 Å². The number of hydrogen-bond donors (Lipinski definition) is 1. The van der Waals surface area contributed by atoms with E-state index < -0.39 is 10.0 Å². The van der Waals surface area contributed by atoms with Crippen LogP contribution < -0.4 is 10.4 Å². The van der Waals surface area contributed by atoms with E-state index in [9.17, 15) is 13.2 Å². The summed E-state index contributed by atoms with van der Waals surface area (Å²) in [5.41, 5.74) is 2.38. The predicted octanol–water partition coefficient (Wildman–Crippen LogP) is 1.10. The van der Waals surface area contributed by atoms with Gasteiger partial charge >= 0.3 is 5.69 Å². The SMILES string of the molecule is CCCCS(=O)(=O)NCc1ccc2c(c1)n(C)c(=O)n2C. The molecule has 0 aliphatic rings. The average Bonchev–Trinajstić information content (AvgIpc) is 2.68. The molecule has 0 fully saturated rings. The van der Waals surface area contributed by atoms with Crippen LogP contribution in [0.4, 0.5) is 0 Å². The van der Waals surface area contributed by atoms with Crippen molar-refractivity contribution in [3.8, 4) is 0 Å². The highest BCUT2D eigenvalue weighted by Crippen LogP contribution is 2.14. The van der Waals surface area contributed by atoms with Crippen LogP contribution in [0.3, 0.4) is 0 Å². The number of nitrogens with one attached hydrogen (secondary N) is 1. The van der Waals surface area contributed by atoms with E-state index in [1.807, 2.05) is 25.1 Å². The Bertz CT molecular complexity index is 803. The highest BCUT2D eigenvalue weighted by atomic mass is 32.2. The Kier molecular flexibility index (Phi) is 4.53. The maximum atomic E-state index is 11.8. The first-order valence-electron chi connectivity index (χ1n) is 6.97. The van der Waals surface area contributed by atoms with E-state index in [0.29, 0.717) is 6.42 Å². The van der Waals surface area contributed by atoms with Crippen LogP contribution in [0.5, 0.6) is 0 Å². The largest absolute Gasteiger partial charge is 0.328 e. The standard InChI is InChI=1S/C14H21N3O3S/c1-4-5-8-21(19,20)15-10-11-6-7-12-13(9-11)17(3)14(18)16(12)2/h6-7,9,15H,4-5,8,10H2,1-3H3. The van der Waals surface area contributed by atoms with Crippen molar-refractivity contribution in [3.05, 3.63) is 34.2 Å². The van der Waals surface area contributed by atoms with Crippen molar-refractivity contribution in [1.29, 1.82) is 0 Å². The molecule has 1 aromatic carbocycles. The fourth-order valence-corrected chi connectivity index (χ4v) is 3.46. The number of benzene rings is 1. The Morgan fingerprint density at radius 1 is 1.14 bits per heavy atom. The maximum absolute atomic E-state index is 11.8. The second kappa shape index (κ2) is 6.03. The first kappa shape index (κ1) is 15.8. The van der Waals surface area contributed by atoms with Gasteiger partial charge in [-0.3, -0.25) is 9.13 Å². The lowest BCUT2D eigenvalue weighted by Gasteiger charge is -2.07. The van der Waals surface area contributed by atoms with Gasteiger partial charge in [0.1, 0.15) is 0 Å². The minimum Gasteiger partial charge on any atom is -0.295 e. The normalized spacial score (nSPS) is 12.1. The smallest absolute Gasteiger partial charge is 0.295 e. The molecule has 116 valence electrons. The van der Waals surface area contributed by atoms with Crippen LogP contribution >= 0.6 is 0 Å². The highest BCUT2D eigenvalue weighted by molar-refractivity contribution is 7.89. The van der Waals surface area contributed by atoms with Crippen molar-refractivity contribution >= 4 is 21.1 Å². The zero-order valence-electron chi connectivity index (χ0n) is 12.6. The van der Waals surface area contributed by atoms with Gasteiger partial charge in [0.05, 0.1) is 16.8 Å². The van der Waals surface area contributed by atoms with Crippen LogP contribution in [0.25, 0.3) is 11.0 Å². The maximum Gasteiger partial charge on any atom is 0.328 e. The van der Waals surface area contributed by atoms with Gasteiger partial charge in [0.25, 0.3) is 0 Å². The van der Waals surface area contributed by atoms with E-state index >= 15 is 0 Å². The van der Waals surface area contributed by atoms with Crippen LogP contribution in [0.15, 0.2) is 23.0 Å². The van der Waals surface area contributed by atoms with Crippen LogP contribution in [-0.4, -0.2) is 23.3 Å². The summed E-state index contributed by atoms with van der Waals surface area (Å²) in [5, 5.41) is 0. The molecule has 1 N–H and O–H groups in total. The first-order chi connectivity index (χ1) is 9.85. The predicted molar refractivity (Wildman–Crippen MR) is 83.7 cm³/mol. The fraction of sp³-hybridized carbons (Fsp3) is 0.500. The highest BCUT2D eigenvalue weighted by Gasteiger charge is 2.11. The Balaban J connectivity index is 2.21. The molecule has 2 aromatic rings. The van der Waals surface area contributed by atoms with Crippen molar-refractivity contribution < 1.29 is 8.42 Å². The number of nitrogens with zero attached hydrogens (tertiary/aromatic N) is 2. The summed E-state index contributed by atoms with van der Waals surface area (Å²) in [6.07, 6.45) is 1.50. The summed E-state index contributed by atoms with van der Waals surface area (Å²) < 4.78 is 29.3. The minimum absolute atomic E-state index is 0.0920. The molecule has 1 heterocycles. The molecule has 0 radical (unpaired) electrons. The number of fused-ring (bicyclic) bond motifs is 1. The van der Waals surface area contributed by atoms with E-state index in [2.05, 4.69) is 4.72 Å². The molecular formula is C14H21N3O3S. The Labute approximate surface area is 124 Å². The van der Waals surface area contributed by atoms with Gasteiger partial charge < -0.3 is 0 Å². The molecule has 0 atom stereocenters. The van der Waals surface area contributed by atoms with Crippen molar-refractivity contribution in [2.45, 2.75) is 26.3 Å². The molecule has 6 nitrogen and oxygen atoms in total. The zero-order valence-corrected chi connectivity index (χ0v) is 13.4. The molecule has 2 rings (SSSR count). The zero-order chi connectivity index (χ0) is 15.6. The van der Waals surface area contributed by atoms with Gasteiger partial charge in [0.2, 0.25) is 10.0 Å². The third-order valence-corrected chi connectivity index (χ3v) is 5.01. The van der Waals surface area contributed by atoms with E-state index in [4.69, 9.17) is 0 Å². The number of imidazole rings is 1. The molecule has 1 aromatic heterocycles. The first-order valence-corrected chi connectivity index (χ1v) is 8.62. The molecule has 7 heteroatoms. The lowest BCUT2D eigenvalue weighted by atomic mass is 10.2. The van der Waals surface area contributed by atoms with Gasteiger partial charge in [-0.15, -0.1) is 0 Å². The van der Waals surface area contributed by atoms with E-state index in [1.54, 1.807) is 23.2 Å². The number of hydrogen-bond acceptors (Lipinski definition) is 3. The van der Waals surface area contributed by atoms with Gasteiger partial charge in [-0.2, -0.15) is 0 Å². The topological polar surface area (TPSA) is 73.1 Å². The number of aryl methyl sites for hydroxylation is 2. The second-order valence-corrected chi connectivity index (χ2v) is 7.14. The average molecular weight is 311 g/mol. The molecule has 0 unspecified atom stereocenters. The molecule has 0 aliphatic heterocycles. The summed E-state index contributed by atoms with van der Waals surface area (Å²) in [6, 6.07) is 5.52. The number of sulfonamides is 1. The monoisotopic (exact) mass is 311 g/mol. The Morgan fingerprint density at radius 2 is 1.81 bits per heavy atom.